The Bertz CT molecular complexity index is 723. The summed E-state index contributed by atoms with van der Waals surface area (Å²) in [5.74, 6) is -0.429. The molecule has 0 unspecified atom stereocenters. The van der Waals surface area contributed by atoms with Gasteiger partial charge in [-0.1, -0.05) is 11.6 Å². The summed E-state index contributed by atoms with van der Waals surface area (Å²) in [4.78, 5) is 27.9. The Hall–Kier alpha value is -1.99. The van der Waals surface area contributed by atoms with Crippen molar-refractivity contribution in [3.05, 3.63) is 49.5 Å². The number of thiazole rings is 1. The minimum absolute atomic E-state index is 0.00442. The fraction of sp³-hybridized carbons (Fsp3) is 0.231. The lowest BCUT2D eigenvalue weighted by Gasteiger charge is -2.02. The number of aryl methyl sites for hydroxylation is 2. The molecule has 21 heavy (non-hydrogen) atoms. The van der Waals surface area contributed by atoms with Crippen LogP contribution < -0.4 is 5.32 Å². The van der Waals surface area contributed by atoms with E-state index in [0.29, 0.717) is 5.13 Å². The number of aromatic nitrogens is 1. The van der Waals surface area contributed by atoms with E-state index in [0.717, 1.165) is 25.0 Å². The second kappa shape index (κ2) is 5.42. The van der Waals surface area contributed by atoms with Gasteiger partial charge < -0.3 is 0 Å². The van der Waals surface area contributed by atoms with Crippen LogP contribution in [0.5, 0.6) is 0 Å². The van der Waals surface area contributed by atoms with Gasteiger partial charge in [-0.05, 0) is 31.4 Å². The molecule has 1 aliphatic carbocycles. The third-order valence-electron chi connectivity index (χ3n) is 3.22. The van der Waals surface area contributed by atoms with E-state index < -0.39 is 10.8 Å². The Balaban J connectivity index is 1.81. The zero-order valence-electron chi connectivity index (χ0n) is 10.8. The summed E-state index contributed by atoms with van der Waals surface area (Å²) in [6.07, 6.45) is 3.04. The van der Waals surface area contributed by atoms with E-state index in [1.54, 1.807) is 0 Å². The topological polar surface area (TPSA) is 85.1 Å². The molecule has 1 aromatic carbocycles. The average molecular weight is 324 g/mol. The fourth-order valence-electron chi connectivity index (χ4n) is 2.21. The molecule has 1 aliphatic rings. The van der Waals surface area contributed by atoms with Crippen molar-refractivity contribution in [3.8, 4) is 0 Å². The molecular weight excluding hydrogens is 314 g/mol. The van der Waals surface area contributed by atoms with E-state index in [-0.39, 0.29) is 16.3 Å². The molecule has 0 aliphatic heterocycles. The number of carbonyl (C=O) groups is 1. The van der Waals surface area contributed by atoms with Crippen LogP contribution in [0.1, 0.15) is 27.3 Å². The van der Waals surface area contributed by atoms with Gasteiger partial charge in [-0.2, -0.15) is 0 Å². The van der Waals surface area contributed by atoms with Crippen molar-refractivity contribution in [2.45, 2.75) is 19.3 Å². The van der Waals surface area contributed by atoms with Gasteiger partial charge in [0.1, 0.15) is 5.02 Å². The summed E-state index contributed by atoms with van der Waals surface area (Å²) in [6, 6.07) is 3.96. The smallest absolute Gasteiger partial charge is 0.288 e. The van der Waals surface area contributed by atoms with Gasteiger partial charge in [-0.15, -0.1) is 11.3 Å². The SMILES string of the molecule is O=C(Nc1nc2c(s1)CCC2)c1ccc(Cl)c([N+](=O)[O-])c1. The predicted octanol–water partition coefficient (Wildman–Crippen LogP) is 3.45. The van der Waals surface area contributed by atoms with Crippen molar-refractivity contribution < 1.29 is 9.72 Å². The van der Waals surface area contributed by atoms with Crippen molar-refractivity contribution in [2.75, 3.05) is 5.32 Å². The lowest BCUT2D eigenvalue weighted by Crippen LogP contribution is -2.12. The number of nitrogens with one attached hydrogen (secondary N) is 1. The molecule has 1 aromatic heterocycles. The van der Waals surface area contributed by atoms with Crippen LogP contribution in [0.2, 0.25) is 5.02 Å². The van der Waals surface area contributed by atoms with Crippen LogP contribution in [0.25, 0.3) is 0 Å². The normalized spacial score (nSPS) is 13.0. The number of nitro groups is 1. The standard InChI is InChI=1S/C13H10ClN3O3S/c14-8-5-4-7(6-10(8)17(19)20)12(18)16-13-15-9-2-1-3-11(9)21-13/h4-6H,1-3H2,(H,15,16,18). The number of hydrogen-bond donors (Lipinski definition) is 1. The van der Waals surface area contributed by atoms with E-state index in [1.165, 1.54) is 34.4 Å². The number of nitrogens with zero attached hydrogens (tertiary/aromatic N) is 2. The lowest BCUT2D eigenvalue weighted by molar-refractivity contribution is -0.384. The van der Waals surface area contributed by atoms with E-state index >= 15 is 0 Å². The maximum atomic E-state index is 12.1. The highest BCUT2D eigenvalue weighted by molar-refractivity contribution is 7.16. The van der Waals surface area contributed by atoms with Gasteiger partial charge >= 0.3 is 0 Å². The van der Waals surface area contributed by atoms with E-state index in [2.05, 4.69) is 10.3 Å². The first-order valence-corrected chi connectivity index (χ1v) is 7.48. The highest BCUT2D eigenvalue weighted by Crippen LogP contribution is 2.31. The van der Waals surface area contributed by atoms with Crippen molar-refractivity contribution in [2.24, 2.45) is 0 Å². The van der Waals surface area contributed by atoms with Gasteiger partial charge in [0.2, 0.25) is 0 Å². The number of anilines is 1. The highest BCUT2D eigenvalue weighted by atomic mass is 35.5. The van der Waals surface area contributed by atoms with Crippen LogP contribution in [-0.4, -0.2) is 15.8 Å². The molecule has 1 N–H and O–H groups in total. The first-order valence-electron chi connectivity index (χ1n) is 6.28. The van der Waals surface area contributed by atoms with Gasteiger partial charge in [0.15, 0.2) is 5.13 Å². The molecule has 108 valence electrons. The molecular formula is C13H10ClN3O3S. The molecule has 0 bridgehead atoms. The highest BCUT2D eigenvalue weighted by Gasteiger charge is 2.20. The summed E-state index contributed by atoms with van der Waals surface area (Å²) in [7, 11) is 0. The van der Waals surface area contributed by atoms with Gasteiger partial charge in [0.25, 0.3) is 11.6 Å². The number of carbonyl (C=O) groups excluding carboxylic acids is 1. The molecule has 6 nitrogen and oxygen atoms in total. The van der Waals surface area contributed by atoms with Crippen molar-refractivity contribution >= 4 is 39.7 Å². The van der Waals surface area contributed by atoms with Crippen LogP contribution >= 0.6 is 22.9 Å². The van der Waals surface area contributed by atoms with Crippen molar-refractivity contribution in [1.29, 1.82) is 0 Å². The maximum Gasteiger partial charge on any atom is 0.288 e. The average Bonchev–Trinajstić information content (AvgIpc) is 2.99. The number of rotatable bonds is 3. The monoisotopic (exact) mass is 323 g/mol. The molecule has 0 fully saturated rings. The number of halogens is 1. The molecule has 0 saturated heterocycles. The Morgan fingerprint density at radius 2 is 2.24 bits per heavy atom. The minimum atomic E-state index is -0.614. The second-order valence-corrected chi connectivity index (χ2v) is 6.11. The lowest BCUT2D eigenvalue weighted by atomic mass is 10.2. The fourth-order valence-corrected chi connectivity index (χ4v) is 3.44. The molecule has 0 radical (unpaired) electrons. The van der Waals surface area contributed by atoms with Gasteiger partial charge in [0, 0.05) is 16.5 Å². The van der Waals surface area contributed by atoms with Crippen LogP contribution in [0.3, 0.4) is 0 Å². The molecule has 2 aromatic rings. The molecule has 8 heteroatoms. The van der Waals surface area contributed by atoms with Crippen LogP contribution in [0, 0.1) is 10.1 Å². The first-order chi connectivity index (χ1) is 10.0. The third-order valence-corrected chi connectivity index (χ3v) is 4.61. The molecule has 0 spiro atoms. The summed E-state index contributed by atoms with van der Waals surface area (Å²) < 4.78 is 0. The molecule has 0 atom stereocenters. The van der Waals surface area contributed by atoms with E-state index in [1.807, 2.05) is 0 Å². The molecule has 1 amide bonds. The van der Waals surface area contributed by atoms with Gasteiger partial charge in [0.05, 0.1) is 10.6 Å². The van der Waals surface area contributed by atoms with Crippen LogP contribution in [0.4, 0.5) is 10.8 Å². The Morgan fingerprint density at radius 3 is 2.95 bits per heavy atom. The van der Waals surface area contributed by atoms with Crippen LogP contribution in [-0.2, 0) is 12.8 Å². The molecule has 0 saturated carbocycles. The largest absolute Gasteiger partial charge is 0.298 e. The Morgan fingerprint density at radius 1 is 1.43 bits per heavy atom. The minimum Gasteiger partial charge on any atom is -0.298 e. The Labute approximate surface area is 128 Å². The zero-order valence-corrected chi connectivity index (χ0v) is 12.3. The van der Waals surface area contributed by atoms with E-state index in [4.69, 9.17) is 11.6 Å². The van der Waals surface area contributed by atoms with Gasteiger partial charge in [-0.3, -0.25) is 20.2 Å². The zero-order chi connectivity index (χ0) is 15.0. The van der Waals surface area contributed by atoms with E-state index in [9.17, 15) is 14.9 Å². The Kier molecular flexibility index (Phi) is 3.60. The van der Waals surface area contributed by atoms with Crippen LogP contribution in [0.15, 0.2) is 18.2 Å². The summed E-state index contributed by atoms with van der Waals surface area (Å²) in [5, 5.41) is 14.0. The quantitative estimate of drug-likeness (QED) is 0.692. The predicted molar refractivity (Wildman–Crippen MR) is 80.2 cm³/mol. The summed E-state index contributed by atoms with van der Waals surface area (Å²) in [5.41, 5.74) is 0.935. The van der Waals surface area contributed by atoms with Crippen molar-refractivity contribution in [1.82, 2.24) is 4.98 Å². The number of hydrogen-bond acceptors (Lipinski definition) is 5. The number of fused-ring (bicyclic) bond motifs is 1. The van der Waals surface area contributed by atoms with Gasteiger partial charge in [-0.25, -0.2) is 4.98 Å². The molecule has 3 rings (SSSR count). The summed E-state index contributed by atoms with van der Waals surface area (Å²) in [6.45, 7) is 0. The summed E-state index contributed by atoms with van der Waals surface area (Å²) >= 11 is 7.18. The maximum absolute atomic E-state index is 12.1. The number of benzene rings is 1. The molecule has 1 heterocycles. The number of amides is 1. The second-order valence-electron chi connectivity index (χ2n) is 4.62. The number of nitro benzene ring substituents is 1. The first kappa shape index (κ1) is 14.0. The third kappa shape index (κ3) is 2.74. The van der Waals surface area contributed by atoms with Crippen molar-refractivity contribution in [3.63, 3.8) is 0 Å².